The SMILES string of the molecule is C#CCC(N)c1nc(-c2ccccc2OC)no1. The quantitative estimate of drug-likeness (QED) is 0.828. The summed E-state index contributed by atoms with van der Waals surface area (Å²) in [6.45, 7) is 0. The molecule has 2 aromatic rings. The number of hydrogen-bond donors (Lipinski definition) is 1. The molecule has 0 saturated heterocycles. The number of hydrogen-bond acceptors (Lipinski definition) is 5. The predicted molar refractivity (Wildman–Crippen MR) is 66.7 cm³/mol. The Balaban J connectivity index is 2.32. The Bertz CT molecular complexity index is 572. The summed E-state index contributed by atoms with van der Waals surface area (Å²) in [5.41, 5.74) is 6.55. The van der Waals surface area contributed by atoms with Crippen LogP contribution in [0.3, 0.4) is 0 Å². The van der Waals surface area contributed by atoms with Gasteiger partial charge >= 0.3 is 0 Å². The molecule has 2 rings (SSSR count). The third kappa shape index (κ3) is 2.34. The Hall–Kier alpha value is -2.32. The highest BCUT2D eigenvalue weighted by Gasteiger charge is 2.16. The number of benzene rings is 1. The highest BCUT2D eigenvalue weighted by molar-refractivity contribution is 5.63. The van der Waals surface area contributed by atoms with Crippen molar-refractivity contribution in [3.05, 3.63) is 30.2 Å². The molecule has 18 heavy (non-hydrogen) atoms. The summed E-state index contributed by atoms with van der Waals surface area (Å²) in [4.78, 5) is 4.23. The van der Waals surface area contributed by atoms with Crippen LogP contribution in [0.4, 0.5) is 0 Å². The molecule has 2 N–H and O–H groups in total. The summed E-state index contributed by atoms with van der Waals surface area (Å²) in [5.74, 6) is 3.90. The van der Waals surface area contributed by atoms with Gasteiger partial charge in [0.2, 0.25) is 11.7 Å². The molecule has 1 atom stereocenters. The van der Waals surface area contributed by atoms with E-state index in [1.165, 1.54) is 0 Å². The topological polar surface area (TPSA) is 74.2 Å². The zero-order chi connectivity index (χ0) is 13.0. The second-order valence-corrected chi connectivity index (χ2v) is 3.67. The number of ether oxygens (including phenoxy) is 1. The molecule has 1 heterocycles. The molecular weight excluding hydrogens is 230 g/mol. The van der Waals surface area contributed by atoms with Gasteiger partial charge in [-0.25, -0.2) is 0 Å². The molecule has 0 bridgehead atoms. The van der Waals surface area contributed by atoms with Gasteiger partial charge in [-0.2, -0.15) is 4.98 Å². The third-order valence-corrected chi connectivity index (χ3v) is 2.44. The average Bonchev–Trinajstić information content (AvgIpc) is 2.88. The Kier molecular flexibility index (Phi) is 3.60. The molecular formula is C13H13N3O2. The molecule has 1 aromatic heterocycles. The Morgan fingerprint density at radius 1 is 1.50 bits per heavy atom. The lowest BCUT2D eigenvalue weighted by atomic mass is 10.2. The van der Waals surface area contributed by atoms with E-state index >= 15 is 0 Å². The zero-order valence-electron chi connectivity index (χ0n) is 9.96. The van der Waals surface area contributed by atoms with E-state index < -0.39 is 6.04 Å². The van der Waals surface area contributed by atoms with Crippen LogP contribution in [0, 0.1) is 12.3 Å². The lowest BCUT2D eigenvalue weighted by Gasteiger charge is -2.03. The average molecular weight is 243 g/mol. The summed E-state index contributed by atoms with van der Waals surface area (Å²) in [7, 11) is 1.59. The van der Waals surface area contributed by atoms with Crippen LogP contribution in [0.5, 0.6) is 5.75 Å². The Morgan fingerprint density at radius 2 is 2.28 bits per heavy atom. The van der Waals surface area contributed by atoms with Crippen LogP contribution in [-0.4, -0.2) is 17.3 Å². The first-order valence-electron chi connectivity index (χ1n) is 5.42. The van der Waals surface area contributed by atoms with Crippen molar-refractivity contribution in [3.8, 4) is 29.5 Å². The summed E-state index contributed by atoms with van der Waals surface area (Å²) in [6.07, 6.45) is 5.55. The number of methoxy groups -OCH3 is 1. The van der Waals surface area contributed by atoms with E-state index in [1.807, 2.05) is 24.3 Å². The summed E-state index contributed by atoms with van der Waals surface area (Å²) < 4.78 is 10.3. The first-order chi connectivity index (χ1) is 8.76. The lowest BCUT2D eigenvalue weighted by molar-refractivity contribution is 0.356. The molecule has 0 radical (unpaired) electrons. The summed E-state index contributed by atoms with van der Waals surface area (Å²) in [5, 5.41) is 3.88. The standard InChI is InChI=1S/C13H13N3O2/c1-3-6-10(14)13-15-12(16-18-13)9-7-4-5-8-11(9)17-2/h1,4-5,7-8,10H,6,14H2,2H3. The molecule has 1 unspecified atom stereocenters. The maximum absolute atomic E-state index is 5.80. The first kappa shape index (κ1) is 12.1. The van der Waals surface area contributed by atoms with Gasteiger partial charge in [0.15, 0.2) is 0 Å². The number of nitrogens with zero attached hydrogens (tertiary/aromatic N) is 2. The molecule has 1 aromatic carbocycles. The summed E-state index contributed by atoms with van der Waals surface area (Å²) in [6, 6.07) is 6.97. The van der Waals surface area contributed by atoms with E-state index in [0.29, 0.717) is 23.9 Å². The molecule has 0 aliphatic carbocycles. The van der Waals surface area contributed by atoms with Crippen LogP contribution in [0.25, 0.3) is 11.4 Å². The van der Waals surface area contributed by atoms with Gasteiger partial charge in [-0.15, -0.1) is 12.3 Å². The molecule has 0 fully saturated rings. The molecule has 0 aliphatic heterocycles. The molecule has 92 valence electrons. The van der Waals surface area contributed by atoms with Gasteiger partial charge in [-0.3, -0.25) is 0 Å². The number of terminal acetylenes is 1. The predicted octanol–water partition coefficient (Wildman–Crippen LogP) is 1.77. The number of nitrogens with two attached hydrogens (primary N) is 1. The fourth-order valence-electron chi connectivity index (χ4n) is 1.54. The van der Waals surface area contributed by atoms with Crippen LogP contribution >= 0.6 is 0 Å². The van der Waals surface area contributed by atoms with Gasteiger partial charge in [0.1, 0.15) is 5.75 Å². The minimum atomic E-state index is -0.439. The fraction of sp³-hybridized carbons (Fsp3) is 0.231. The smallest absolute Gasteiger partial charge is 0.244 e. The minimum absolute atomic E-state index is 0.328. The van der Waals surface area contributed by atoms with Crippen molar-refractivity contribution in [1.29, 1.82) is 0 Å². The maximum Gasteiger partial charge on any atom is 0.244 e. The van der Waals surface area contributed by atoms with Crippen molar-refractivity contribution in [1.82, 2.24) is 10.1 Å². The van der Waals surface area contributed by atoms with Crippen LogP contribution < -0.4 is 10.5 Å². The van der Waals surface area contributed by atoms with E-state index in [9.17, 15) is 0 Å². The van der Waals surface area contributed by atoms with Crippen molar-refractivity contribution in [2.45, 2.75) is 12.5 Å². The molecule has 0 aliphatic rings. The van der Waals surface area contributed by atoms with Crippen LogP contribution in [-0.2, 0) is 0 Å². The normalized spacial score (nSPS) is 11.8. The van der Waals surface area contributed by atoms with Gasteiger partial charge in [0.25, 0.3) is 0 Å². The summed E-state index contributed by atoms with van der Waals surface area (Å²) >= 11 is 0. The van der Waals surface area contributed by atoms with Gasteiger partial charge in [-0.1, -0.05) is 17.3 Å². The van der Waals surface area contributed by atoms with E-state index in [1.54, 1.807) is 7.11 Å². The molecule has 0 spiro atoms. The van der Waals surface area contributed by atoms with Crippen LogP contribution in [0.15, 0.2) is 28.8 Å². The van der Waals surface area contributed by atoms with E-state index in [4.69, 9.17) is 21.4 Å². The number of aromatic nitrogens is 2. The van der Waals surface area contributed by atoms with Gasteiger partial charge in [-0.05, 0) is 12.1 Å². The zero-order valence-corrected chi connectivity index (χ0v) is 9.96. The minimum Gasteiger partial charge on any atom is -0.496 e. The Morgan fingerprint density at radius 3 is 3.00 bits per heavy atom. The second-order valence-electron chi connectivity index (χ2n) is 3.67. The van der Waals surface area contributed by atoms with Crippen LogP contribution in [0.1, 0.15) is 18.4 Å². The molecule has 5 nitrogen and oxygen atoms in total. The number of para-hydroxylation sites is 1. The van der Waals surface area contributed by atoms with Crippen molar-refractivity contribution < 1.29 is 9.26 Å². The van der Waals surface area contributed by atoms with Gasteiger partial charge in [0, 0.05) is 6.42 Å². The van der Waals surface area contributed by atoms with Crippen molar-refractivity contribution in [2.75, 3.05) is 7.11 Å². The number of rotatable bonds is 4. The largest absolute Gasteiger partial charge is 0.496 e. The fourth-order valence-corrected chi connectivity index (χ4v) is 1.54. The van der Waals surface area contributed by atoms with E-state index in [0.717, 1.165) is 5.56 Å². The third-order valence-electron chi connectivity index (χ3n) is 2.44. The van der Waals surface area contributed by atoms with Crippen molar-refractivity contribution in [2.24, 2.45) is 5.73 Å². The van der Waals surface area contributed by atoms with E-state index in [2.05, 4.69) is 16.1 Å². The Labute approximate surface area is 105 Å². The van der Waals surface area contributed by atoms with E-state index in [-0.39, 0.29) is 0 Å². The molecule has 0 amide bonds. The van der Waals surface area contributed by atoms with Crippen molar-refractivity contribution in [3.63, 3.8) is 0 Å². The monoisotopic (exact) mass is 243 g/mol. The molecule has 0 saturated carbocycles. The first-order valence-corrected chi connectivity index (χ1v) is 5.42. The highest BCUT2D eigenvalue weighted by atomic mass is 16.5. The second kappa shape index (κ2) is 5.34. The van der Waals surface area contributed by atoms with Gasteiger partial charge in [0.05, 0.1) is 18.7 Å². The highest BCUT2D eigenvalue weighted by Crippen LogP contribution is 2.27. The van der Waals surface area contributed by atoms with Crippen LogP contribution in [0.2, 0.25) is 0 Å². The molecule has 5 heteroatoms. The lowest BCUT2D eigenvalue weighted by Crippen LogP contribution is -2.09. The van der Waals surface area contributed by atoms with Crippen molar-refractivity contribution >= 4 is 0 Å². The maximum atomic E-state index is 5.80. The van der Waals surface area contributed by atoms with Gasteiger partial charge < -0.3 is 15.0 Å².